The lowest BCUT2D eigenvalue weighted by atomic mass is 10.1. The Morgan fingerprint density at radius 1 is 1.29 bits per heavy atom. The molecule has 1 aromatic rings. The minimum absolute atomic E-state index is 0.0194. The Morgan fingerprint density at radius 2 is 2.00 bits per heavy atom. The first-order chi connectivity index (χ1) is 8.24. The number of hydrogen-bond acceptors (Lipinski definition) is 5. The molecule has 0 fully saturated rings. The summed E-state index contributed by atoms with van der Waals surface area (Å²) in [6.45, 7) is 2.23. The van der Waals surface area contributed by atoms with E-state index in [1.54, 1.807) is 0 Å². The monoisotopic (exact) mass is 239 g/mol. The number of anilines is 1. The molecule has 5 nitrogen and oxygen atoms in total. The summed E-state index contributed by atoms with van der Waals surface area (Å²) in [5, 5.41) is 21.2. The second-order valence-electron chi connectivity index (χ2n) is 4.06. The van der Waals surface area contributed by atoms with Gasteiger partial charge in [0, 0.05) is 18.4 Å². The average Bonchev–Trinajstić information content (AvgIpc) is 2.75. The smallest absolute Gasteiger partial charge is 0.231 e. The molecular weight excluding hydrogens is 222 g/mol. The fourth-order valence-corrected chi connectivity index (χ4v) is 1.78. The molecule has 0 saturated carbocycles. The van der Waals surface area contributed by atoms with Crippen molar-refractivity contribution in [1.29, 1.82) is 0 Å². The van der Waals surface area contributed by atoms with Gasteiger partial charge in [-0.2, -0.15) is 0 Å². The molecule has 1 atom stereocenters. The lowest BCUT2D eigenvalue weighted by Gasteiger charge is -2.18. The number of aliphatic hydroxyl groups is 2. The summed E-state index contributed by atoms with van der Waals surface area (Å²) in [7, 11) is 0. The molecule has 0 spiro atoms. The lowest BCUT2D eigenvalue weighted by Crippen LogP contribution is -2.25. The van der Waals surface area contributed by atoms with Crippen LogP contribution in [0.15, 0.2) is 12.1 Å². The van der Waals surface area contributed by atoms with E-state index in [0.29, 0.717) is 12.2 Å². The normalized spacial score (nSPS) is 14.8. The number of nitrogens with one attached hydrogen (secondary N) is 1. The summed E-state index contributed by atoms with van der Waals surface area (Å²) in [5.74, 6) is 1.45. The molecule has 1 unspecified atom stereocenters. The van der Waals surface area contributed by atoms with Crippen LogP contribution in [0, 0.1) is 6.92 Å². The zero-order chi connectivity index (χ0) is 12.3. The Bertz CT molecular complexity index is 394. The fourth-order valence-electron chi connectivity index (χ4n) is 1.78. The standard InChI is InChI=1S/C12H17NO4/c1-8-4-11-12(17-7-16-11)5-10(8)13-9(6-15)2-3-14/h4-5,9,13-15H,2-3,6-7H2,1H3. The zero-order valence-corrected chi connectivity index (χ0v) is 9.77. The molecule has 2 rings (SSSR count). The quantitative estimate of drug-likeness (QED) is 0.711. The number of hydrogen-bond donors (Lipinski definition) is 3. The molecule has 0 aliphatic carbocycles. The first kappa shape index (κ1) is 12.0. The van der Waals surface area contributed by atoms with Crippen LogP contribution in [-0.4, -0.2) is 36.3 Å². The SMILES string of the molecule is Cc1cc2c(cc1NC(CO)CCO)OCO2. The number of aryl methyl sites for hydroxylation is 1. The van der Waals surface area contributed by atoms with Crippen LogP contribution >= 0.6 is 0 Å². The Kier molecular flexibility index (Phi) is 3.71. The number of rotatable bonds is 5. The van der Waals surface area contributed by atoms with E-state index in [2.05, 4.69) is 5.32 Å². The predicted octanol–water partition coefficient (Wildman–Crippen LogP) is 0.879. The fraction of sp³-hybridized carbons (Fsp3) is 0.500. The van der Waals surface area contributed by atoms with Crippen molar-refractivity contribution in [3.05, 3.63) is 17.7 Å². The van der Waals surface area contributed by atoms with Crippen LogP contribution in [0.3, 0.4) is 0 Å². The van der Waals surface area contributed by atoms with Crippen LogP contribution in [0.1, 0.15) is 12.0 Å². The van der Waals surface area contributed by atoms with Gasteiger partial charge in [-0.1, -0.05) is 0 Å². The number of benzene rings is 1. The Labute approximate surface area is 100.0 Å². The summed E-state index contributed by atoms with van der Waals surface area (Å²) in [6, 6.07) is 3.61. The van der Waals surface area contributed by atoms with Crippen molar-refractivity contribution in [2.45, 2.75) is 19.4 Å². The number of aliphatic hydroxyl groups excluding tert-OH is 2. The minimum Gasteiger partial charge on any atom is -0.454 e. The maximum absolute atomic E-state index is 9.17. The Balaban J connectivity index is 2.15. The van der Waals surface area contributed by atoms with Crippen LogP contribution in [0.2, 0.25) is 0 Å². The summed E-state index contributed by atoms with van der Waals surface area (Å²) in [5.41, 5.74) is 1.91. The first-order valence-electron chi connectivity index (χ1n) is 5.63. The summed E-state index contributed by atoms with van der Waals surface area (Å²) in [6.07, 6.45) is 0.504. The van der Waals surface area contributed by atoms with E-state index in [1.165, 1.54) is 0 Å². The zero-order valence-electron chi connectivity index (χ0n) is 9.77. The highest BCUT2D eigenvalue weighted by Gasteiger charge is 2.17. The summed E-state index contributed by atoms with van der Waals surface area (Å²) in [4.78, 5) is 0. The maximum Gasteiger partial charge on any atom is 0.231 e. The molecular formula is C12H17NO4. The van der Waals surface area contributed by atoms with Gasteiger partial charge in [0.05, 0.1) is 12.6 Å². The summed E-state index contributed by atoms with van der Waals surface area (Å²) >= 11 is 0. The van der Waals surface area contributed by atoms with E-state index in [9.17, 15) is 5.11 Å². The molecule has 17 heavy (non-hydrogen) atoms. The van der Waals surface area contributed by atoms with Crippen molar-refractivity contribution in [2.75, 3.05) is 25.3 Å². The predicted molar refractivity (Wildman–Crippen MR) is 63.5 cm³/mol. The average molecular weight is 239 g/mol. The van der Waals surface area contributed by atoms with Crippen molar-refractivity contribution >= 4 is 5.69 Å². The van der Waals surface area contributed by atoms with E-state index < -0.39 is 0 Å². The van der Waals surface area contributed by atoms with Crippen molar-refractivity contribution in [3.63, 3.8) is 0 Å². The third-order valence-electron chi connectivity index (χ3n) is 2.78. The van der Waals surface area contributed by atoms with Gasteiger partial charge in [-0.3, -0.25) is 0 Å². The molecule has 0 radical (unpaired) electrons. The van der Waals surface area contributed by atoms with Crippen LogP contribution in [0.4, 0.5) is 5.69 Å². The van der Waals surface area contributed by atoms with Gasteiger partial charge in [0.2, 0.25) is 6.79 Å². The number of ether oxygens (including phenoxy) is 2. The Morgan fingerprint density at radius 3 is 2.65 bits per heavy atom. The highest BCUT2D eigenvalue weighted by molar-refractivity contribution is 5.61. The van der Waals surface area contributed by atoms with Crippen molar-refractivity contribution < 1.29 is 19.7 Å². The van der Waals surface area contributed by atoms with Crippen molar-refractivity contribution in [2.24, 2.45) is 0 Å². The molecule has 1 aromatic carbocycles. The topological polar surface area (TPSA) is 71.0 Å². The molecule has 1 heterocycles. The lowest BCUT2D eigenvalue weighted by molar-refractivity contribution is 0.174. The highest BCUT2D eigenvalue weighted by atomic mass is 16.7. The summed E-state index contributed by atoms with van der Waals surface area (Å²) < 4.78 is 10.6. The highest BCUT2D eigenvalue weighted by Crippen LogP contribution is 2.36. The third kappa shape index (κ3) is 2.62. The second kappa shape index (κ2) is 5.25. The van der Waals surface area contributed by atoms with Gasteiger partial charge in [-0.05, 0) is 25.0 Å². The number of fused-ring (bicyclic) bond motifs is 1. The van der Waals surface area contributed by atoms with Gasteiger partial charge in [-0.15, -0.1) is 0 Å². The molecule has 5 heteroatoms. The van der Waals surface area contributed by atoms with E-state index in [1.807, 2.05) is 19.1 Å². The van der Waals surface area contributed by atoms with Crippen LogP contribution in [0.25, 0.3) is 0 Å². The Hall–Kier alpha value is -1.46. The molecule has 3 N–H and O–H groups in total. The second-order valence-corrected chi connectivity index (χ2v) is 4.06. The van der Waals surface area contributed by atoms with Gasteiger partial charge in [0.1, 0.15) is 0 Å². The van der Waals surface area contributed by atoms with Gasteiger partial charge in [0.15, 0.2) is 11.5 Å². The van der Waals surface area contributed by atoms with Gasteiger partial charge in [0.25, 0.3) is 0 Å². The van der Waals surface area contributed by atoms with Crippen LogP contribution < -0.4 is 14.8 Å². The van der Waals surface area contributed by atoms with Gasteiger partial charge >= 0.3 is 0 Å². The first-order valence-corrected chi connectivity index (χ1v) is 5.63. The van der Waals surface area contributed by atoms with E-state index in [0.717, 1.165) is 17.0 Å². The van der Waals surface area contributed by atoms with Crippen LogP contribution in [-0.2, 0) is 0 Å². The molecule has 0 amide bonds. The van der Waals surface area contributed by atoms with E-state index in [4.69, 9.17) is 14.6 Å². The van der Waals surface area contributed by atoms with Gasteiger partial charge in [-0.25, -0.2) is 0 Å². The molecule has 0 saturated heterocycles. The minimum atomic E-state index is -0.154. The molecule has 0 aromatic heterocycles. The van der Waals surface area contributed by atoms with E-state index >= 15 is 0 Å². The largest absolute Gasteiger partial charge is 0.454 e. The van der Waals surface area contributed by atoms with Crippen molar-refractivity contribution in [1.82, 2.24) is 0 Å². The molecule has 1 aliphatic heterocycles. The molecule has 94 valence electrons. The van der Waals surface area contributed by atoms with E-state index in [-0.39, 0.29) is 26.0 Å². The van der Waals surface area contributed by atoms with Crippen molar-refractivity contribution in [3.8, 4) is 11.5 Å². The van der Waals surface area contributed by atoms with Gasteiger partial charge < -0.3 is 25.0 Å². The third-order valence-corrected chi connectivity index (χ3v) is 2.78. The van der Waals surface area contributed by atoms with Crippen LogP contribution in [0.5, 0.6) is 11.5 Å². The molecule has 1 aliphatic rings. The molecule has 0 bridgehead atoms. The maximum atomic E-state index is 9.17.